The molecule has 2 N–H and O–H groups in total. The molecule has 0 spiro atoms. The molecule has 1 unspecified atom stereocenters. The second-order valence-electron chi connectivity index (χ2n) is 6.60. The van der Waals surface area contributed by atoms with E-state index in [-0.39, 0.29) is 11.8 Å². The zero-order valence-electron chi connectivity index (χ0n) is 14.9. The van der Waals surface area contributed by atoms with Crippen molar-refractivity contribution in [2.24, 2.45) is 0 Å². The van der Waals surface area contributed by atoms with Crippen molar-refractivity contribution in [1.29, 1.82) is 0 Å². The van der Waals surface area contributed by atoms with Gasteiger partial charge in [0.1, 0.15) is 5.78 Å². The van der Waals surface area contributed by atoms with Crippen LogP contribution >= 0.6 is 11.6 Å². The molecular formula is C20H20ClN5O. The number of pyridine rings is 1. The normalized spacial score (nSPS) is 17.1. The quantitative estimate of drug-likeness (QED) is 0.726. The maximum Gasteiger partial charge on any atom is 0.159 e. The van der Waals surface area contributed by atoms with Crippen molar-refractivity contribution in [3.8, 4) is 22.4 Å². The van der Waals surface area contributed by atoms with Crippen LogP contribution in [0.4, 0.5) is 5.82 Å². The molecular weight excluding hydrogens is 362 g/mol. The van der Waals surface area contributed by atoms with E-state index in [2.05, 4.69) is 25.4 Å². The lowest BCUT2D eigenvalue weighted by Gasteiger charge is -2.33. The van der Waals surface area contributed by atoms with E-state index in [1.165, 1.54) is 0 Å². The van der Waals surface area contributed by atoms with Crippen LogP contribution in [0.3, 0.4) is 0 Å². The third kappa shape index (κ3) is 3.59. The van der Waals surface area contributed by atoms with Gasteiger partial charge in [-0.2, -0.15) is 5.10 Å². The fourth-order valence-electron chi connectivity index (χ4n) is 3.39. The number of nitrogens with zero attached hydrogens (tertiary/aromatic N) is 3. The number of Topliss-reactive ketones (excluding diaryl/α,β-unsaturated/α-hetero) is 1. The highest BCUT2D eigenvalue weighted by atomic mass is 35.5. The maximum absolute atomic E-state index is 11.9. The molecule has 0 aliphatic carbocycles. The highest BCUT2D eigenvalue weighted by Crippen LogP contribution is 2.38. The Morgan fingerprint density at radius 3 is 2.59 bits per heavy atom. The Kier molecular flexibility index (Phi) is 4.92. The number of carbonyl (C=O) groups is 1. The van der Waals surface area contributed by atoms with Gasteiger partial charge in [-0.3, -0.25) is 14.9 Å². The van der Waals surface area contributed by atoms with Crippen LogP contribution in [-0.4, -0.2) is 46.6 Å². The van der Waals surface area contributed by atoms with Crippen molar-refractivity contribution in [3.63, 3.8) is 0 Å². The molecule has 6 nitrogen and oxygen atoms in total. The molecule has 27 heavy (non-hydrogen) atoms. The van der Waals surface area contributed by atoms with Crippen LogP contribution < -0.4 is 10.2 Å². The van der Waals surface area contributed by atoms with Crippen molar-refractivity contribution in [2.75, 3.05) is 24.5 Å². The first kappa shape index (κ1) is 17.7. The molecule has 1 aromatic carbocycles. The number of carbonyl (C=O) groups excluding carboxylic acids is 1. The average molecular weight is 382 g/mol. The predicted octanol–water partition coefficient (Wildman–Crippen LogP) is 3.16. The first-order chi connectivity index (χ1) is 13.1. The van der Waals surface area contributed by atoms with Crippen LogP contribution in [0.25, 0.3) is 22.4 Å². The summed E-state index contributed by atoms with van der Waals surface area (Å²) < 4.78 is 0. The summed E-state index contributed by atoms with van der Waals surface area (Å²) in [6, 6.07) is 11.4. The summed E-state index contributed by atoms with van der Waals surface area (Å²) in [4.78, 5) is 18.1. The number of halogens is 1. The molecule has 2 aromatic heterocycles. The van der Waals surface area contributed by atoms with Gasteiger partial charge in [-0.05, 0) is 36.8 Å². The van der Waals surface area contributed by atoms with E-state index in [4.69, 9.17) is 11.6 Å². The Morgan fingerprint density at radius 2 is 1.89 bits per heavy atom. The van der Waals surface area contributed by atoms with Gasteiger partial charge < -0.3 is 10.2 Å². The summed E-state index contributed by atoms with van der Waals surface area (Å²) in [5.74, 6) is 0.984. The number of aromatic amines is 1. The number of benzene rings is 1. The van der Waals surface area contributed by atoms with E-state index in [0.717, 1.165) is 41.3 Å². The van der Waals surface area contributed by atoms with Crippen LogP contribution in [0, 0.1) is 0 Å². The lowest BCUT2D eigenvalue weighted by atomic mass is 10.0. The molecule has 0 amide bonds. The molecule has 3 heterocycles. The van der Waals surface area contributed by atoms with Gasteiger partial charge in [0.25, 0.3) is 0 Å². The Bertz CT molecular complexity index is 939. The molecule has 1 saturated heterocycles. The van der Waals surface area contributed by atoms with Crippen molar-refractivity contribution >= 4 is 23.2 Å². The van der Waals surface area contributed by atoms with Crippen LogP contribution in [0.15, 0.2) is 48.8 Å². The Balaban J connectivity index is 1.80. The summed E-state index contributed by atoms with van der Waals surface area (Å²) in [5.41, 5.74) is 3.95. The van der Waals surface area contributed by atoms with Gasteiger partial charge in [0.2, 0.25) is 0 Å². The highest BCUT2D eigenvalue weighted by molar-refractivity contribution is 6.30. The number of H-pyrrole nitrogens is 1. The summed E-state index contributed by atoms with van der Waals surface area (Å²) in [5, 5.41) is 11.8. The molecule has 1 atom stereocenters. The van der Waals surface area contributed by atoms with Crippen LogP contribution in [0.5, 0.6) is 0 Å². The SMILES string of the molecule is CC(=O)C1CN(c2n[nH]c(-c3ccc(Cl)cc3)c2-c2ccncc2)CCN1. The Morgan fingerprint density at radius 1 is 1.15 bits per heavy atom. The van der Waals surface area contributed by atoms with Gasteiger partial charge in [0.15, 0.2) is 5.82 Å². The topological polar surface area (TPSA) is 73.9 Å². The van der Waals surface area contributed by atoms with Gasteiger partial charge in [-0.25, -0.2) is 0 Å². The highest BCUT2D eigenvalue weighted by Gasteiger charge is 2.27. The molecule has 0 bridgehead atoms. The van der Waals surface area contributed by atoms with Gasteiger partial charge in [0.05, 0.1) is 17.3 Å². The van der Waals surface area contributed by atoms with E-state index in [1.807, 2.05) is 36.4 Å². The minimum Gasteiger partial charge on any atom is -0.351 e. The first-order valence-corrected chi connectivity index (χ1v) is 9.25. The summed E-state index contributed by atoms with van der Waals surface area (Å²) in [6.07, 6.45) is 3.54. The predicted molar refractivity (Wildman–Crippen MR) is 107 cm³/mol. The second kappa shape index (κ2) is 7.50. The summed E-state index contributed by atoms with van der Waals surface area (Å²) >= 11 is 6.05. The first-order valence-electron chi connectivity index (χ1n) is 8.87. The zero-order chi connectivity index (χ0) is 18.8. The van der Waals surface area contributed by atoms with Crippen molar-refractivity contribution in [3.05, 3.63) is 53.8 Å². The summed E-state index contributed by atoms with van der Waals surface area (Å²) in [6.45, 7) is 3.74. The third-order valence-electron chi connectivity index (χ3n) is 4.81. The molecule has 1 aliphatic heterocycles. The van der Waals surface area contributed by atoms with Crippen molar-refractivity contribution in [2.45, 2.75) is 13.0 Å². The van der Waals surface area contributed by atoms with Gasteiger partial charge in [0, 0.05) is 42.6 Å². The monoisotopic (exact) mass is 381 g/mol. The number of piperazine rings is 1. The van der Waals surface area contributed by atoms with Gasteiger partial charge in [-0.15, -0.1) is 0 Å². The lowest BCUT2D eigenvalue weighted by molar-refractivity contribution is -0.118. The minimum absolute atomic E-state index is 0.138. The largest absolute Gasteiger partial charge is 0.351 e. The number of nitrogens with one attached hydrogen (secondary N) is 2. The number of ketones is 1. The zero-order valence-corrected chi connectivity index (χ0v) is 15.7. The lowest BCUT2D eigenvalue weighted by Crippen LogP contribution is -2.54. The van der Waals surface area contributed by atoms with E-state index < -0.39 is 0 Å². The smallest absolute Gasteiger partial charge is 0.159 e. The van der Waals surface area contributed by atoms with Crippen LogP contribution in [0.2, 0.25) is 5.02 Å². The molecule has 3 aromatic rings. The standard InChI is InChI=1S/C20H20ClN5O/c1-13(27)17-12-26(11-10-23-17)20-18(14-6-8-22-9-7-14)19(24-25-20)15-2-4-16(21)5-3-15/h2-9,17,23H,10-12H2,1H3,(H,24,25). The maximum atomic E-state index is 11.9. The van der Waals surface area contributed by atoms with Gasteiger partial charge >= 0.3 is 0 Å². The van der Waals surface area contributed by atoms with Crippen LogP contribution in [0.1, 0.15) is 6.92 Å². The number of rotatable bonds is 4. The average Bonchev–Trinajstić information content (AvgIpc) is 3.14. The molecule has 138 valence electrons. The van der Waals surface area contributed by atoms with E-state index >= 15 is 0 Å². The Labute approximate surface area is 162 Å². The van der Waals surface area contributed by atoms with E-state index in [9.17, 15) is 4.79 Å². The second-order valence-corrected chi connectivity index (χ2v) is 7.04. The molecule has 1 aliphatic rings. The number of anilines is 1. The molecule has 1 fully saturated rings. The van der Waals surface area contributed by atoms with E-state index in [0.29, 0.717) is 11.6 Å². The van der Waals surface area contributed by atoms with Crippen LogP contribution in [-0.2, 0) is 4.79 Å². The molecule has 4 rings (SSSR count). The minimum atomic E-state index is -0.181. The molecule has 7 heteroatoms. The fraction of sp³-hybridized carbons (Fsp3) is 0.250. The van der Waals surface area contributed by atoms with Crippen molar-refractivity contribution in [1.82, 2.24) is 20.5 Å². The van der Waals surface area contributed by atoms with Gasteiger partial charge in [-0.1, -0.05) is 23.7 Å². The van der Waals surface area contributed by atoms with Crippen molar-refractivity contribution < 1.29 is 4.79 Å². The molecule has 0 saturated carbocycles. The number of hydrogen-bond acceptors (Lipinski definition) is 5. The van der Waals surface area contributed by atoms with E-state index in [1.54, 1.807) is 19.3 Å². The molecule has 0 radical (unpaired) electrons. The fourth-order valence-corrected chi connectivity index (χ4v) is 3.52. The number of aromatic nitrogens is 3. The Hall–Kier alpha value is -2.70. The third-order valence-corrected chi connectivity index (χ3v) is 5.07. The summed E-state index contributed by atoms with van der Waals surface area (Å²) in [7, 11) is 0. The number of hydrogen-bond donors (Lipinski definition) is 2.